The molecule has 0 aliphatic carbocycles. The van der Waals surface area contributed by atoms with Gasteiger partial charge < -0.3 is 5.73 Å². The van der Waals surface area contributed by atoms with Crippen molar-refractivity contribution in [1.29, 1.82) is 0 Å². The Morgan fingerprint density at radius 1 is 1.38 bits per heavy atom. The van der Waals surface area contributed by atoms with E-state index in [0.29, 0.717) is 5.92 Å². The van der Waals surface area contributed by atoms with Gasteiger partial charge in [-0.1, -0.05) is 32.0 Å². The lowest BCUT2D eigenvalue weighted by Crippen LogP contribution is -2.38. The zero-order chi connectivity index (χ0) is 12.3. The molecule has 88 valence electrons. The van der Waals surface area contributed by atoms with Crippen LogP contribution in [0.25, 0.3) is 0 Å². The van der Waals surface area contributed by atoms with Gasteiger partial charge in [-0.3, -0.25) is 10.2 Å². The molecule has 0 saturated heterocycles. The van der Waals surface area contributed by atoms with E-state index in [1.165, 1.54) is 5.56 Å². The highest BCUT2D eigenvalue weighted by molar-refractivity contribution is 5.82. The van der Waals surface area contributed by atoms with Crippen LogP contribution in [-0.4, -0.2) is 5.91 Å². The van der Waals surface area contributed by atoms with Crippen LogP contribution in [0.5, 0.6) is 0 Å². The minimum Gasteiger partial charge on any atom is -0.316 e. The van der Waals surface area contributed by atoms with Crippen molar-refractivity contribution in [2.75, 3.05) is 0 Å². The molecule has 4 heteroatoms. The molecule has 0 heterocycles. The number of hydrogen-bond acceptors (Lipinski definition) is 3. The van der Waals surface area contributed by atoms with Gasteiger partial charge in [-0.25, -0.2) is 5.84 Å². The number of aryl methyl sites for hydroxylation is 1. The second-order valence-corrected chi connectivity index (χ2v) is 4.26. The summed E-state index contributed by atoms with van der Waals surface area (Å²) < 4.78 is 0. The Labute approximate surface area is 96.0 Å². The predicted octanol–water partition coefficient (Wildman–Crippen LogP) is 1.11. The van der Waals surface area contributed by atoms with Crippen molar-refractivity contribution in [2.24, 2.45) is 11.6 Å². The quantitative estimate of drug-likeness (QED) is 0.406. The number of carbonyl (C=O) groups is 1. The lowest BCUT2D eigenvalue weighted by molar-refractivity contribution is -0.122. The Morgan fingerprint density at radius 2 is 2.00 bits per heavy atom. The van der Waals surface area contributed by atoms with Crippen molar-refractivity contribution < 1.29 is 4.79 Å². The van der Waals surface area contributed by atoms with Gasteiger partial charge in [-0.05, 0) is 29.5 Å². The molecule has 0 aliphatic heterocycles. The highest BCUT2D eigenvalue weighted by atomic mass is 16.2. The first-order valence-corrected chi connectivity index (χ1v) is 5.33. The molecule has 1 atom stereocenters. The van der Waals surface area contributed by atoms with Crippen LogP contribution in [0.15, 0.2) is 18.2 Å². The number of amides is 1. The smallest absolute Gasteiger partial charge is 0.255 e. The number of carbonyl (C=O) groups excluding carboxylic acids is 1. The molecule has 1 amide bonds. The zero-order valence-corrected chi connectivity index (χ0v) is 9.95. The van der Waals surface area contributed by atoms with Crippen LogP contribution in [0, 0.1) is 6.92 Å². The Bertz CT molecular complexity index is 388. The predicted molar refractivity (Wildman–Crippen MR) is 64.5 cm³/mol. The monoisotopic (exact) mass is 221 g/mol. The molecular formula is C12H19N3O. The first-order valence-electron chi connectivity index (χ1n) is 5.33. The van der Waals surface area contributed by atoms with E-state index in [9.17, 15) is 4.79 Å². The van der Waals surface area contributed by atoms with E-state index in [4.69, 9.17) is 11.6 Å². The topological polar surface area (TPSA) is 81.1 Å². The summed E-state index contributed by atoms with van der Waals surface area (Å²) in [6.45, 7) is 6.13. The maximum absolute atomic E-state index is 11.4. The molecule has 5 N–H and O–H groups in total. The van der Waals surface area contributed by atoms with Crippen LogP contribution in [0.1, 0.15) is 42.5 Å². The Kier molecular flexibility index (Phi) is 4.04. The minimum atomic E-state index is -0.705. The van der Waals surface area contributed by atoms with Crippen molar-refractivity contribution in [1.82, 2.24) is 5.43 Å². The molecule has 0 fully saturated rings. The van der Waals surface area contributed by atoms with E-state index < -0.39 is 6.04 Å². The molecule has 1 unspecified atom stereocenters. The fourth-order valence-electron chi connectivity index (χ4n) is 1.58. The third-order valence-corrected chi connectivity index (χ3v) is 2.73. The summed E-state index contributed by atoms with van der Waals surface area (Å²) in [6.07, 6.45) is 0. The van der Waals surface area contributed by atoms with E-state index in [2.05, 4.69) is 25.3 Å². The molecule has 0 spiro atoms. The molecule has 0 bridgehead atoms. The maximum Gasteiger partial charge on any atom is 0.255 e. The third-order valence-electron chi connectivity index (χ3n) is 2.73. The van der Waals surface area contributed by atoms with Crippen LogP contribution in [0.3, 0.4) is 0 Å². The second-order valence-electron chi connectivity index (χ2n) is 4.26. The van der Waals surface area contributed by atoms with Crippen LogP contribution < -0.4 is 17.0 Å². The van der Waals surface area contributed by atoms with Gasteiger partial charge in [-0.15, -0.1) is 0 Å². The molecule has 0 aromatic heterocycles. The van der Waals surface area contributed by atoms with Gasteiger partial charge in [0.2, 0.25) is 0 Å². The number of benzene rings is 1. The standard InChI is InChI=1S/C12H19N3O/c1-7(2)9-5-4-8(3)10(6-9)11(13)12(16)15-14/h4-7,11H,13-14H2,1-3H3,(H,15,16). The number of hydrogen-bond donors (Lipinski definition) is 3. The van der Waals surface area contributed by atoms with E-state index in [0.717, 1.165) is 11.1 Å². The highest BCUT2D eigenvalue weighted by Crippen LogP contribution is 2.22. The normalized spacial score (nSPS) is 12.6. The second kappa shape index (κ2) is 5.09. The van der Waals surface area contributed by atoms with Crippen molar-refractivity contribution in [3.05, 3.63) is 34.9 Å². The Balaban J connectivity index is 3.11. The lowest BCUT2D eigenvalue weighted by Gasteiger charge is -2.16. The van der Waals surface area contributed by atoms with E-state index >= 15 is 0 Å². The highest BCUT2D eigenvalue weighted by Gasteiger charge is 2.17. The van der Waals surface area contributed by atoms with Gasteiger partial charge in [0.25, 0.3) is 5.91 Å². The summed E-state index contributed by atoms with van der Waals surface area (Å²) in [7, 11) is 0. The first-order chi connectivity index (χ1) is 7.47. The fraction of sp³-hybridized carbons (Fsp3) is 0.417. The van der Waals surface area contributed by atoms with Gasteiger partial charge in [0, 0.05) is 0 Å². The molecule has 1 aromatic rings. The molecule has 1 aromatic carbocycles. The van der Waals surface area contributed by atoms with Crippen molar-refractivity contribution in [2.45, 2.75) is 32.7 Å². The summed E-state index contributed by atoms with van der Waals surface area (Å²) in [5, 5.41) is 0. The average molecular weight is 221 g/mol. The number of nitrogens with two attached hydrogens (primary N) is 2. The van der Waals surface area contributed by atoms with E-state index in [1.807, 2.05) is 19.1 Å². The molecule has 16 heavy (non-hydrogen) atoms. The largest absolute Gasteiger partial charge is 0.316 e. The van der Waals surface area contributed by atoms with Gasteiger partial charge in [0.1, 0.15) is 6.04 Å². The Hall–Kier alpha value is -1.39. The van der Waals surface area contributed by atoms with Gasteiger partial charge in [0.05, 0.1) is 0 Å². The van der Waals surface area contributed by atoms with Crippen LogP contribution in [0.4, 0.5) is 0 Å². The van der Waals surface area contributed by atoms with Crippen molar-refractivity contribution in [3.8, 4) is 0 Å². The molecule has 0 saturated carbocycles. The number of hydrazine groups is 1. The van der Waals surface area contributed by atoms with Crippen LogP contribution >= 0.6 is 0 Å². The minimum absolute atomic E-state index is 0.371. The summed E-state index contributed by atoms with van der Waals surface area (Å²) >= 11 is 0. The summed E-state index contributed by atoms with van der Waals surface area (Å²) in [5.74, 6) is 5.12. The van der Waals surface area contributed by atoms with Crippen molar-refractivity contribution >= 4 is 5.91 Å². The first kappa shape index (κ1) is 12.7. The molecule has 0 aliphatic rings. The molecule has 4 nitrogen and oxygen atoms in total. The lowest BCUT2D eigenvalue weighted by atomic mass is 9.94. The van der Waals surface area contributed by atoms with Gasteiger partial charge in [-0.2, -0.15) is 0 Å². The van der Waals surface area contributed by atoms with E-state index in [1.54, 1.807) is 0 Å². The zero-order valence-electron chi connectivity index (χ0n) is 9.95. The molecular weight excluding hydrogens is 202 g/mol. The average Bonchev–Trinajstić information content (AvgIpc) is 2.27. The summed E-state index contributed by atoms with van der Waals surface area (Å²) in [6, 6.07) is 5.30. The SMILES string of the molecule is Cc1ccc(C(C)C)cc1C(N)C(=O)NN. The van der Waals surface area contributed by atoms with Crippen LogP contribution in [0.2, 0.25) is 0 Å². The Morgan fingerprint density at radius 3 is 2.50 bits per heavy atom. The third kappa shape index (κ3) is 2.59. The summed E-state index contributed by atoms with van der Waals surface area (Å²) in [5.41, 5.74) is 10.9. The van der Waals surface area contributed by atoms with E-state index in [-0.39, 0.29) is 5.91 Å². The summed E-state index contributed by atoms with van der Waals surface area (Å²) in [4.78, 5) is 11.4. The van der Waals surface area contributed by atoms with Gasteiger partial charge >= 0.3 is 0 Å². The number of rotatable bonds is 3. The fourth-order valence-corrected chi connectivity index (χ4v) is 1.58. The molecule has 1 rings (SSSR count). The van der Waals surface area contributed by atoms with Gasteiger partial charge in [0.15, 0.2) is 0 Å². The van der Waals surface area contributed by atoms with Crippen LogP contribution in [-0.2, 0) is 4.79 Å². The maximum atomic E-state index is 11.4. The number of nitrogens with one attached hydrogen (secondary N) is 1. The molecule has 0 radical (unpaired) electrons. The van der Waals surface area contributed by atoms with Crippen molar-refractivity contribution in [3.63, 3.8) is 0 Å².